The number of likely N-dealkylation sites (tertiary alicyclic amines) is 1. The fourth-order valence-corrected chi connectivity index (χ4v) is 5.96. The van der Waals surface area contributed by atoms with Crippen LogP contribution in [0.3, 0.4) is 0 Å². The fourth-order valence-electron chi connectivity index (χ4n) is 5.96. The van der Waals surface area contributed by atoms with E-state index >= 15 is 8.78 Å². The van der Waals surface area contributed by atoms with Gasteiger partial charge in [-0.15, -0.1) is 0 Å². The predicted octanol–water partition coefficient (Wildman–Crippen LogP) is 5.03. The van der Waals surface area contributed by atoms with E-state index in [2.05, 4.69) is 4.98 Å². The third kappa shape index (κ3) is 5.41. The molecule has 2 aliphatic rings. The summed E-state index contributed by atoms with van der Waals surface area (Å²) in [6.45, 7) is 0.195. The van der Waals surface area contributed by atoms with Crippen LogP contribution >= 0.6 is 0 Å². The van der Waals surface area contributed by atoms with Crippen LogP contribution in [0, 0.1) is 17.6 Å². The zero-order valence-electron chi connectivity index (χ0n) is 21.4. The molecule has 1 aromatic heterocycles. The van der Waals surface area contributed by atoms with Gasteiger partial charge >= 0.3 is 0 Å². The minimum atomic E-state index is -3.50. The van der Waals surface area contributed by atoms with E-state index in [0.717, 1.165) is 23.1 Å². The number of alkyl halides is 4. The van der Waals surface area contributed by atoms with Gasteiger partial charge in [-0.05, 0) is 42.7 Å². The van der Waals surface area contributed by atoms with Crippen LogP contribution < -0.4 is 0 Å². The number of aliphatic hydroxyl groups excluding tert-OH is 2. The summed E-state index contributed by atoms with van der Waals surface area (Å²) in [4.78, 5) is 6.22. The van der Waals surface area contributed by atoms with Crippen molar-refractivity contribution in [2.45, 2.75) is 50.3 Å². The number of aromatic nitrogens is 1. The van der Waals surface area contributed by atoms with E-state index in [1.54, 1.807) is 24.0 Å². The van der Waals surface area contributed by atoms with Gasteiger partial charge in [0.05, 0.1) is 18.7 Å². The first-order valence-electron chi connectivity index (χ1n) is 13.0. The van der Waals surface area contributed by atoms with Gasteiger partial charge in [-0.25, -0.2) is 26.3 Å². The highest BCUT2D eigenvalue weighted by atomic mass is 19.3. The minimum absolute atomic E-state index is 0.000209. The second-order valence-electron chi connectivity index (χ2n) is 10.7. The number of aromatic amines is 1. The van der Waals surface area contributed by atoms with E-state index in [-0.39, 0.29) is 24.4 Å². The number of aliphatic hydroxyl groups is 2. The van der Waals surface area contributed by atoms with Crippen LogP contribution in [0.15, 0.2) is 36.4 Å². The summed E-state index contributed by atoms with van der Waals surface area (Å²) in [7, 11) is 0. The quantitative estimate of drug-likeness (QED) is 0.324. The van der Waals surface area contributed by atoms with Crippen molar-refractivity contribution >= 4 is 10.9 Å². The van der Waals surface area contributed by atoms with Gasteiger partial charge in [-0.3, -0.25) is 4.90 Å². The zero-order chi connectivity index (χ0) is 28.1. The van der Waals surface area contributed by atoms with Gasteiger partial charge in [-0.2, -0.15) is 0 Å². The van der Waals surface area contributed by atoms with Crippen molar-refractivity contribution < 1.29 is 36.6 Å². The van der Waals surface area contributed by atoms with Crippen molar-refractivity contribution in [1.82, 2.24) is 14.8 Å². The van der Waals surface area contributed by atoms with Crippen LogP contribution in [0.1, 0.15) is 47.9 Å². The lowest BCUT2D eigenvalue weighted by Gasteiger charge is -2.43. The maximum atomic E-state index is 15.8. The molecule has 5 rings (SSSR count). The van der Waals surface area contributed by atoms with Crippen LogP contribution in [0.5, 0.6) is 0 Å². The summed E-state index contributed by atoms with van der Waals surface area (Å²) in [5.41, 5.74) is 1.48. The normalized spacial score (nSPS) is 21.9. The van der Waals surface area contributed by atoms with Gasteiger partial charge in [0.2, 0.25) is 6.43 Å². The molecule has 2 aliphatic heterocycles. The lowest BCUT2D eigenvalue weighted by atomic mass is 9.85. The third-order valence-corrected chi connectivity index (χ3v) is 7.97. The highest BCUT2D eigenvalue weighted by Crippen LogP contribution is 2.44. The van der Waals surface area contributed by atoms with Crippen molar-refractivity contribution in [2.75, 3.05) is 32.8 Å². The molecule has 11 heteroatoms. The molecule has 0 radical (unpaired) electrons. The number of hydrogen-bond donors (Lipinski definition) is 3. The van der Waals surface area contributed by atoms with Gasteiger partial charge in [0.15, 0.2) is 0 Å². The first-order valence-corrected chi connectivity index (χ1v) is 13.0. The van der Waals surface area contributed by atoms with Crippen molar-refractivity contribution in [3.05, 3.63) is 70.4 Å². The van der Waals surface area contributed by atoms with E-state index in [0.29, 0.717) is 30.7 Å². The number of nitrogens with one attached hydrogen (secondary N) is 1. The van der Waals surface area contributed by atoms with E-state index < -0.39 is 60.9 Å². The number of rotatable bonds is 9. The molecule has 0 aliphatic carbocycles. The van der Waals surface area contributed by atoms with E-state index in [9.17, 15) is 27.8 Å². The molecule has 1 unspecified atom stereocenters. The van der Waals surface area contributed by atoms with Gasteiger partial charge in [-0.1, -0.05) is 18.2 Å². The van der Waals surface area contributed by atoms with Crippen LogP contribution in [0.4, 0.5) is 26.3 Å². The molecular formula is C28H31F6N3O2. The summed E-state index contributed by atoms with van der Waals surface area (Å²) in [5, 5.41) is 20.8. The molecule has 0 saturated carbocycles. The Labute approximate surface area is 222 Å². The lowest BCUT2D eigenvalue weighted by molar-refractivity contribution is -0.0869. The maximum absolute atomic E-state index is 15.8. The summed E-state index contributed by atoms with van der Waals surface area (Å²) >= 11 is 0. The molecule has 0 spiro atoms. The second-order valence-corrected chi connectivity index (χ2v) is 10.7. The Balaban J connectivity index is 1.50. The fraction of sp³-hybridized carbons (Fsp3) is 0.500. The molecule has 39 heavy (non-hydrogen) atoms. The lowest BCUT2D eigenvalue weighted by Crippen LogP contribution is -2.50. The molecule has 212 valence electrons. The number of halogens is 6. The molecule has 2 aromatic carbocycles. The van der Waals surface area contributed by atoms with Crippen molar-refractivity contribution in [1.29, 1.82) is 0 Å². The highest BCUT2D eigenvalue weighted by molar-refractivity contribution is 5.85. The van der Waals surface area contributed by atoms with Crippen molar-refractivity contribution in [2.24, 2.45) is 5.92 Å². The van der Waals surface area contributed by atoms with Crippen molar-refractivity contribution in [3.63, 3.8) is 0 Å². The average molecular weight is 556 g/mol. The number of nitrogens with zero attached hydrogens (tertiary/aromatic N) is 2. The molecule has 3 N–H and O–H groups in total. The Kier molecular flexibility index (Phi) is 7.71. The monoisotopic (exact) mass is 555 g/mol. The Morgan fingerprint density at radius 2 is 1.77 bits per heavy atom. The number of fused-ring (bicyclic) bond motifs is 3. The van der Waals surface area contributed by atoms with Crippen molar-refractivity contribution in [3.8, 4) is 0 Å². The molecule has 3 heterocycles. The number of hydrogen-bond acceptors (Lipinski definition) is 4. The Morgan fingerprint density at radius 1 is 1.10 bits per heavy atom. The maximum Gasteiger partial charge on any atom is 0.283 e. The predicted molar refractivity (Wildman–Crippen MR) is 134 cm³/mol. The smallest absolute Gasteiger partial charge is 0.283 e. The standard InChI is InChI=1S/C28H31F6N3O2/c1-15-8-19-18-4-2-3-5-22(18)35-25(19)26(37(15)13-28(33,34)14-38)24-20(29)9-16(10-21(24)30)27(39)17-11-36(12-17)7-6-23(31)32/h2-5,9-10,15,17,23,26-27,35,38-39H,6-8,11-14H2,1H3/t15-,26-,27?/m1/s1. The summed E-state index contributed by atoms with van der Waals surface area (Å²) in [6.07, 6.45) is -3.57. The summed E-state index contributed by atoms with van der Waals surface area (Å²) in [5.74, 6) is -5.85. The second kappa shape index (κ2) is 10.8. The summed E-state index contributed by atoms with van der Waals surface area (Å²) in [6, 6.07) is 7.58. The molecule has 1 saturated heterocycles. The number of para-hydroxylation sites is 1. The van der Waals surface area contributed by atoms with E-state index in [1.165, 1.54) is 4.90 Å². The first-order chi connectivity index (χ1) is 18.5. The number of benzene rings is 2. The molecule has 3 atom stereocenters. The molecule has 3 aromatic rings. The van der Waals surface area contributed by atoms with Gasteiger partial charge in [0.25, 0.3) is 5.92 Å². The van der Waals surface area contributed by atoms with Crippen LogP contribution in [-0.2, 0) is 6.42 Å². The van der Waals surface area contributed by atoms with E-state index in [4.69, 9.17) is 0 Å². The zero-order valence-corrected chi connectivity index (χ0v) is 21.4. The molecule has 1 fully saturated rings. The Hall–Kier alpha value is -2.60. The Morgan fingerprint density at radius 3 is 2.41 bits per heavy atom. The molecule has 0 bridgehead atoms. The summed E-state index contributed by atoms with van der Waals surface area (Å²) < 4.78 is 85.3. The minimum Gasteiger partial charge on any atom is -0.390 e. The third-order valence-electron chi connectivity index (χ3n) is 7.97. The van der Waals surface area contributed by atoms with Crippen LogP contribution in [0.2, 0.25) is 0 Å². The largest absolute Gasteiger partial charge is 0.390 e. The Bertz CT molecular complexity index is 1300. The van der Waals surface area contributed by atoms with Crippen LogP contribution in [0.25, 0.3) is 10.9 Å². The van der Waals surface area contributed by atoms with Gasteiger partial charge in [0.1, 0.15) is 18.2 Å². The SMILES string of the molecule is C[C@@H]1Cc2c([nH]c3ccccc23)[C@@H](c2c(F)cc(C(O)C3CN(CCC(F)F)C3)cc2F)N1CC(F)(F)CO. The average Bonchev–Trinajstić information content (AvgIpc) is 3.22. The van der Waals surface area contributed by atoms with Gasteiger partial charge in [0, 0.05) is 60.2 Å². The topological polar surface area (TPSA) is 62.7 Å². The first kappa shape index (κ1) is 27.9. The number of H-pyrrole nitrogens is 1. The molecule has 0 amide bonds. The van der Waals surface area contributed by atoms with Crippen LogP contribution in [-0.4, -0.2) is 76.2 Å². The van der Waals surface area contributed by atoms with Gasteiger partial charge < -0.3 is 20.1 Å². The molecule has 5 nitrogen and oxygen atoms in total. The van der Waals surface area contributed by atoms with E-state index in [1.807, 2.05) is 12.1 Å². The molecular weight excluding hydrogens is 524 g/mol. The highest BCUT2D eigenvalue weighted by Gasteiger charge is 2.44.